The van der Waals surface area contributed by atoms with E-state index >= 15 is 0 Å². The standard InChI is InChI=1S/C15H19NO3/c1-10(2)13-8-11(4-6-14(13)19-3)12(9-16)5-7-15(17)18/h4,6,8,10,12H,5,7H2,1-3H3,(H,17,18). The first-order chi connectivity index (χ1) is 8.99. The molecule has 1 unspecified atom stereocenters. The predicted octanol–water partition coefficient (Wildman–Crippen LogP) is 3.29. The molecule has 19 heavy (non-hydrogen) atoms. The van der Waals surface area contributed by atoms with Crippen LogP contribution in [0.1, 0.15) is 49.7 Å². The highest BCUT2D eigenvalue weighted by molar-refractivity contribution is 5.66. The van der Waals surface area contributed by atoms with Crippen molar-refractivity contribution < 1.29 is 14.6 Å². The molecule has 0 spiro atoms. The van der Waals surface area contributed by atoms with E-state index in [1.807, 2.05) is 18.2 Å². The van der Waals surface area contributed by atoms with Crippen LogP contribution in [0, 0.1) is 11.3 Å². The van der Waals surface area contributed by atoms with Gasteiger partial charge in [-0.05, 0) is 29.5 Å². The number of carboxylic acid groups (broad SMARTS) is 1. The molecule has 0 saturated carbocycles. The second-order valence-corrected chi connectivity index (χ2v) is 4.77. The van der Waals surface area contributed by atoms with Crippen LogP contribution in [0.25, 0.3) is 0 Å². The molecule has 1 aromatic rings. The maximum Gasteiger partial charge on any atom is 0.303 e. The van der Waals surface area contributed by atoms with Crippen molar-refractivity contribution in [3.8, 4) is 11.8 Å². The molecule has 0 bridgehead atoms. The average Bonchev–Trinajstić information content (AvgIpc) is 2.38. The number of carbonyl (C=O) groups is 1. The number of benzene rings is 1. The lowest BCUT2D eigenvalue weighted by Crippen LogP contribution is -2.03. The molecule has 0 aliphatic heterocycles. The quantitative estimate of drug-likeness (QED) is 0.853. The van der Waals surface area contributed by atoms with Gasteiger partial charge in [0.2, 0.25) is 0 Å². The van der Waals surface area contributed by atoms with Gasteiger partial charge in [0.1, 0.15) is 5.75 Å². The number of ether oxygens (including phenoxy) is 1. The number of methoxy groups -OCH3 is 1. The molecular formula is C15H19NO3. The van der Waals surface area contributed by atoms with E-state index in [2.05, 4.69) is 19.9 Å². The Labute approximate surface area is 113 Å². The van der Waals surface area contributed by atoms with Crippen LogP contribution in [0.3, 0.4) is 0 Å². The largest absolute Gasteiger partial charge is 0.496 e. The molecule has 1 rings (SSSR count). The zero-order chi connectivity index (χ0) is 14.4. The van der Waals surface area contributed by atoms with Gasteiger partial charge in [0.05, 0.1) is 19.1 Å². The first-order valence-electron chi connectivity index (χ1n) is 6.28. The Bertz CT molecular complexity index is 489. The second-order valence-electron chi connectivity index (χ2n) is 4.77. The molecule has 4 heteroatoms. The molecular weight excluding hydrogens is 242 g/mol. The van der Waals surface area contributed by atoms with Crippen LogP contribution in [-0.2, 0) is 4.79 Å². The molecule has 0 radical (unpaired) electrons. The van der Waals surface area contributed by atoms with E-state index in [0.29, 0.717) is 6.42 Å². The summed E-state index contributed by atoms with van der Waals surface area (Å²) in [5, 5.41) is 17.9. The lowest BCUT2D eigenvalue weighted by Gasteiger charge is -2.15. The van der Waals surface area contributed by atoms with E-state index in [9.17, 15) is 10.1 Å². The smallest absolute Gasteiger partial charge is 0.303 e. The lowest BCUT2D eigenvalue weighted by atomic mass is 9.91. The first-order valence-corrected chi connectivity index (χ1v) is 6.28. The van der Waals surface area contributed by atoms with Gasteiger partial charge >= 0.3 is 5.97 Å². The van der Waals surface area contributed by atoms with Gasteiger partial charge < -0.3 is 9.84 Å². The van der Waals surface area contributed by atoms with E-state index in [-0.39, 0.29) is 18.3 Å². The zero-order valence-electron chi connectivity index (χ0n) is 11.5. The number of hydrogen-bond donors (Lipinski definition) is 1. The first kappa shape index (κ1) is 15.0. The van der Waals surface area contributed by atoms with Gasteiger partial charge in [-0.25, -0.2) is 0 Å². The van der Waals surface area contributed by atoms with E-state index in [1.54, 1.807) is 7.11 Å². The van der Waals surface area contributed by atoms with Gasteiger partial charge in [0, 0.05) is 6.42 Å². The van der Waals surface area contributed by atoms with E-state index in [4.69, 9.17) is 9.84 Å². The fraction of sp³-hybridized carbons (Fsp3) is 0.467. The summed E-state index contributed by atoms with van der Waals surface area (Å²) in [5.41, 5.74) is 1.89. The summed E-state index contributed by atoms with van der Waals surface area (Å²) in [5.74, 6) is -0.181. The summed E-state index contributed by atoms with van der Waals surface area (Å²) >= 11 is 0. The topological polar surface area (TPSA) is 70.3 Å². The van der Waals surface area contributed by atoms with Gasteiger partial charge in [-0.15, -0.1) is 0 Å². The number of hydrogen-bond acceptors (Lipinski definition) is 3. The summed E-state index contributed by atoms with van der Waals surface area (Å²) in [4.78, 5) is 10.6. The molecule has 0 amide bonds. The number of nitrogens with zero attached hydrogens (tertiary/aromatic N) is 1. The Morgan fingerprint density at radius 2 is 2.16 bits per heavy atom. The number of rotatable bonds is 6. The Hall–Kier alpha value is -2.02. The van der Waals surface area contributed by atoms with Crippen LogP contribution in [0.2, 0.25) is 0 Å². The summed E-state index contributed by atoms with van der Waals surface area (Å²) in [6, 6.07) is 7.79. The van der Waals surface area contributed by atoms with Crippen LogP contribution in [-0.4, -0.2) is 18.2 Å². The third-order valence-electron chi connectivity index (χ3n) is 3.08. The predicted molar refractivity (Wildman–Crippen MR) is 72.3 cm³/mol. The summed E-state index contributed by atoms with van der Waals surface area (Å²) in [6.45, 7) is 4.11. The third kappa shape index (κ3) is 3.99. The van der Waals surface area contributed by atoms with Gasteiger partial charge in [0.25, 0.3) is 0 Å². The minimum absolute atomic E-state index is 0.00126. The summed E-state index contributed by atoms with van der Waals surface area (Å²) in [6.07, 6.45) is 0.330. The maximum atomic E-state index is 10.6. The fourth-order valence-corrected chi connectivity index (χ4v) is 1.99. The van der Waals surface area contributed by atoms with Crippen molar-refractivity contribution in [3.05, 3.63) is 29.3 Å². The Kier molecular flexibility index (Phi) is 5.37. The van der Waals surface area contributed by atoms with Crippen LogP contribution >= 0.6 is 0 Å². The molecule has 102 valence electrons. The zero-order valence-corrected chi connectivity index (χ0v) is 11.5. The van der Waals surface area contributed by atoms with Crippen molar-refractivity contribution >= 4 is 5.97 Å². The molecule has 1 atom stereocenters. The molecule has 1 N–H and O–H groups in total. The lowest BCUT2D eigenvalue weighted by molar-refractivity contribution is -0.137. The molecule has 0 saturated heterocycles. The summed E-state index contributed by atoms with van der Waals surface area (Å²) in [7, 11) is 1.62. The minimum atomic E-state index is -0.877. The van der Waals surface area contributed by atoms with Crippen molar-refractivity contribution in [3.63, 3.8) is 0 Å². The Morgan fingerprint density at radius 1 is 1.47 bits per heavy atom. The highest BCUT2D eigenvalue weighted by atomic mass is 16.5. The van der Waals surface area contributed by atoms with E-state index in [0.717, 1.165) is 16.9 Å². The molecule has 0 aliphatic carbocycles. The van der Waals surface area contributed by atoms with Gasteiger partial charge in [-0.2, -0.15) is 5.26 Å². The van der Waals surface area contributed by atoms with Crippen molar-refractivity contribution in [1.29, 1.82) is 5.26 Å². The van der Waals surface area contributed by atoms with Crippen molar-refractivity contribution in [1.82, 2.24) is 0 Å². The average molecular weight is 261 g/mol. The van der Waals surface area contributed by atoms with Crippen molar-refractivity contribution in [2.24, 2.45) is 0 Å². The molecule has 4 nitrogen and oxygen atoms in total. The molecule has 0 fully saturated rings. The number of nitriles is 1. The van der Waals surface area contributed by atoms with Crippen LogP contribution in [0.5, 0.6) is 5.75 Å². The van der Waals surface area contributed by atoms with Crippen LogP contribution in [0.4, 0.5) is 0 Å². The fourth-order valence-electron chi connectivity index (χ4n) is 1.99. The van der Waals surface area contributed by atoms with E-state index in [1.165, 1.54) is 0 Å². The molecule has 0 heterocycles. The van der Waals surface area contributed by atoms with Gasteiger partial charge in [0.15, 0.2) is 0 Å². The summed E-state index contributed by atoms with van der Waals surface area (Å²) < 4.78 is 5.30. The Balaban J connectivity index is 3.02. The van der Waals surface area contributed by atoms with Gasteiger partial charge in [-0.1, -0.05) is 26.0 Å². The number of aliphatic carboxylic acids is 1. The minimum Gasteiger partial charge on any atom is -0.496 e. The normalized spacial score (nSPS) is 11.9. The van der Waals surface area contributed by atoms with Crippen molar-refractivity contribution in [2.45, 2.75) is 38.5 Å². The third-order valence-corrected chi connectivity index (χ3v) is 3.08. The Morgan fingerprint density at radius 3 is 2.63 bits per heavy atom. The number of carboxylic acids is 1. The SMILES string of the molecule is COc1ccc(C(C#N)CCC(=O)O)cc1C(C)C. The van der Waals surface area contributed by atoms with Crippen LogP contribution < -0.4 is 4.74 Å². The monoisotopic (exact) mass is 261 g/mol. The van der Waals surface area contributed by atoms with Crippen molar-refractivity contribution in [2.75, 3.05) is 7.11 Å². The van der Waals surface area contributed by atoms with Crippen LogP contribution in [0.15, 0.2) is 18.2 Å². The van der Waals surface area contributed by atoms with E-state index < -0.39 is 5.97 Å². The highest BCUT2D eigenvalue weighted by Gasteiger charge is 2.16. The molecule has 0 aromatic heterocycles. The molecule has 0 aliphatic rings. The maximum absolute atomic E-state index is 10.6. The van der Waals surface area contributed by atoms with Gasteiger partial charge in [-0.3, -0.25) is 4.79 Å². The second kappa shape index (κ2) is 6.79. The highest BCUT2D eigenvalue weighted by Crippen LogP contribution is 2.31. The molecule has 1 aromatic carbocycles.